The highest BCUT2D eigenvalue weighted by molar-refractivity contribution is 6.19. The predicted molar refractivity (Wildman–Crippen MR) is 66.2 cm³/mol. The van der Waals surface area contributed by atoms with Gasteiger partial charge in [0.1, 0.15) is 5.75 Å². The van der Waals surface area contributed by atoms with Crippen LogP contribution in [0.3, 0.4) is 0 Å². The summed E-state index contributed by atoms with van der Waals surface area (Å²) in [5, 5.41) is 2.79. The number of methoxy groups -OCH3 is 1. The SMILES string of the molecule is COc1cc(C)ccc1NC(=O)C(C)CCl. The van der Waals surface area contributed by atoms with E-state index in [0.717, 1.165) is 5.56 Å². The molecule has 88 valence electrons. The van der Waals surface area contributed by atoms with Crippen molar-refractivity contribution >= 4 is 23.2 Å². The summed E-state index contributed by atoms with van der Waals surface area (Å²) in [6.45, 7) is 3.75. The fraction of sp³-hybridized carbons (Fsp3) is 0.417. The molecule has 0 aromatic heterocycles. The molecule has 0 aliphatic heterocycles. The van der Waals surface area contributed by atoms with E-state index < -0.39 is 0 Å². The van der Waals surface area contributed by atoms with Gasteiger partial charge in [0.2, 0.25) is 5.91 Å². The van der Waals surface area contributed by atoms with Gasteiger partial charge in [0.05, 0.1) is 12.8 Å². The zero-order valence-corrected chi connectivity index (χ0v) is 10.5. The minimum absolute atomic E-state index is 0.0999. The summed E-state index contributed by atoms with van der Waals surface area (Å²) >= 11 is 5.62. The maximum absolute atomic E-state index is 11.6. The lowest BCUT2D eigenvalue weighted by molar-refractivity contribution is -0.118. The Morgan fingerprint density at radius 1 is 1.56 bits per heavy atom. The summed E-state index contributed by atoms with van der Waals surface area (Å²) < 4.78 is 5.19. The molecular weight excluding hydrogens is 226 g/mol. The van der Waals surface area contributed by atoms with E-state index in [1.807, 2.05) is 25.1 Å². The number of halogens is 1. The number of carbonyl (C=O) groups excluding carboxylic acids is 1. The Kier molecular flexibility index (Phi) is 4.62. The molecule has 1 aromatic carbocycles. The molecular formula is C12H16ClNO2. The van der Waals surface area contributed by atoms with E-state index in [4.69, 9.17) is 16.3 Å². The Balaban J connectivity index is 2.84. The van der Waals surface area contributed by atoms with Gasteiger partial charge in [0, 0.05) is 11.8 Å². The molecule has 1 aromatic rings. The monoisotopic (exact) mass is 241 g/mol. The summed E-state index contributed by atoms with van der Waals surface area (Å²) in [5.74, 6) is 0.653. The van der Waals surface area contributed by atoms with E-state index >= 15 is 0 Å². The van der Waals surface area contributed by atoms with Crippen molar-refractivity contribution in [3.05, 3.63) is 23.8 Å². The smallest absolute Gasteiger partial charge is 0.228 e. The third-order valence-electron chi connectivity index (χ3n) is 2.29. The number of rotatable bonds is 4. The summed E-state index contributed by atoms with van der Waals surface area (Å²) in [4.78, 5) is 11.6. The highest BCUT2D eigenvalue weighted by Gasteiger charge is 2.13. The molecule has 0 radical (unpaired) electrons. The fourth-order valence-electron chi connectivity index (χ4n) is 1.23. The quantitative estimate of drug-likeness (QED) is 0.824. The first-order chi connectivity index (χ1) is 7.58. The number of alkyl halides is 1. The molecule has 0 aliphatic rings. The van der Waals surface area contributed by atoms with Gasteiger partial charge in [-0.3, -0.25) is 4.79 Å². The Bertz CT molecular complexity index is 379. The van der Waals surface area contributed by atoms with E-state index in [1.165, 1.54) is 0 Å². The van der Waals surface area contributed by atoms with Gasteiger partial charge < -0.3 is 10.1 Å². The lowest BCUT2D eigenvalue weighted by Gasteiger charge is -2.13. The molecule has 1 amide bonds. The van der Waals surface area contributed by atoms with Crippen molar-refractivity contribution in [3.63, 3.8) is 0 Å². The van der Waals surface area contributed by atoms with E-state index in [0.29, 0.717) is 17.3 Å². The average molecular weight is 242 g/mol. The molecule has 1 atom stereocenters. The van der Waals surface area contributed by atoms with Crippen LogP contribution in [0.2, 0.25) is 0 Å². The van der Waals surface area contributed by atoms with Crippen LogP contribution < -0.4 is 10.1 Å². The summed E-state index contributed by atoms with van der Waals surface area (Å²) in [7, 11) is 1.58. The predicted octanol–water partition coefficient (Wildman–Crippen LogP) is 2.82. The van der Waals surface area contributed by atoms with Gasteiger partial charge in [0.25, 0.3) is 0 Å². The van der Waals surface area contributed by atoms with Crippen molar-refractivity contribution in [1.82, 2.24) is 0 Å². The third kappa shape index (κ3) is 3.14. The Morgan fingerprint density at radius 2 is 2.25 bits per heavy atom. The number of ether oxygens (including phenoxy) is 1. The zero-order chi connectivity index (χ0) is 12.1. The molecule has 0 saturated carbocycles. The Morgan fingerprint density at radius 3 is 2.81 bits per heavy atom. The van der Waals surface area contributed by atoms with Crippen molar-refractivity contribution < 1.29 is 9.53 Å². The van der Waals surface area contributed by atoms with E-state index in [-0.39, 0.29) is 11.8 Å². The van der Waals surface area contributed by atoms with Gasteiger partial charge in [-0.05, 0) is 24.6 Å². The van der Waals surface area contributed by atoms with Crippen LogP contribution in [0.15, 0.2) is 18.2 Å². The van der Waals surface area contributed by atoms with Gasteiger partial charge in [-0.15, -0.1) is 11.6 Å². The van der Waals surface area contributed by atoms with Gasteiger partial charge in [-0.1, -0.05) is 13.0 Å². The lowest BCUT2D eigenvalue weighted by Crippen LogP contribution is -2.21. The standard InChI is InChI=1S/C12H16ClNO2/c1-8-4-5-10(11(6-8)16-3)14-12(15)9(2)7-13/h4-6,9H,7H2,1-3H3,(H,14,15). The first-order valence-electron chi connectivity index (χ1n) is 5.10. The molecule has 0 bridgehead atoms. The molecule has 4 heteroatoms. The topological polar surface area (TPSA) is 38.3 Å². The number of anilines is 1. The van der Waals surface area contributed by atoms with Gasteiger partial charge in [-0.2, -0.15) is 0 Å². The van der Waals surface area contributed by atoms with Crippen molar-refractivity contribution in [2.45, 2.75) is 13.8 Å². The van der Waals surface area contributed by atoms with Crippen LogP contribution in [-0.4, -0.2) is 18.9 Å². The second-order valence-electron chi connectivity index (χ2n) is 3.75. The third-order valence-corrected chi connectivity index (χ3v) is 2.76. The van der Waals surface area contributed by atoms with Crippen LogP contribution in [0.4, 0.5) is 5.69 Å². The number of benzene rings is 1. The van der Waals surface area contributed by atoms with Crippen LogP contribution in [0.25, 0.3) is 0 Å². The summed E-state index contributed by atoms with van der Waals surface area (Å²) in [6.07, 6.45) is 0. The zero-order valence-electron chi connectivity index (χ0n) is 9.71. The largest absolute Gasteiger partial charge is 0.495 e. The Labute approximate surface area is 101 Å². The average Bonchev–Trinajstić information content (AvgIpc) is 2.30. The molecule has 0 aliphatic carbocycles. The van der Waals surface area contributed by atoms with Crippen LogP contribution in [-0.2, 0) is 4.79 Å². The Hall–Kier alpha value is -1.22. The normalized spacial score (nSPS) is 12.0. The minimum Gasteiger partial charge on any atom is -0.495 e. The van der Waals surface area contributed by atoms with Crippen LogP contribution in [0.1, 0.15) is 12.5 Å². The van der Waals surface area contributed by atoms with Gasteiger partial charge in [-0.25, -0.2) is 0 Å². The number of amides is 1. The molecule has 0 fully saturated rings. The van der Waals surface area contributed by atoms with Crippen LogP contribution in [0, 0.1) is 12.8 Å². The lowest BCUT2D eigenvalue weighted by atomic mass is 10.1. The number of carbonyl (C=O) groups is 1. The molecule has 3 nitrogen and oxygen atoms in total. The molecule has 0 spiro atoms. The molecule has 1 N–H and O–H groups in total. The molecule has 16 heavy (non-hydrogen) atoms. The van der Waals surface area contributed by atoms with E-state index in [2.05, 4.69) is 5.32 Å². The van der Waals surface area contributed by atoms with Crippen molar-refractivity contribution in [2.24, 2.45) is 5.92 Å². The van der Waals surface area contributed by atoms with Gasteiger partial charge in [0.15, 0.2) is 0 Å². The maximum Gasteiger partial charge on any atom is 0.228 e. The maximum atomic E-state index is 11.6. The molecule has 1 unspecified atom stereocenters. The fourth-order valence-corrected chi connectivity index (χ4v) is 1.37. The van der Waals surface area contributed by atoms with Crippen LogP contribution in [0.5, 0.6) is 5.75 Å². The minimum atomic E-state index is -0.215. The van der Waals surface area contributed by atoms with Gasteiger partial charge >= 0.3 is 0 Å². The molecule has 1 rings (SSSR count). The number of hydrogen-bond donors (Lipinski definition) is 1. The highest BCUT2D eigenvalue weighted by atomic mass is 35.5. The first-order valence-corrected chi connectivity index (χ1v) is 5.63. The highest BCUT2D eigenvalue weighted by Crippen LogP contribution is 2.25. The molecule has 0 saturated heterocycles. The van der Waals surface area contributed by atoms with E-state index in [9.17, 15) is 4.79 Å². The number of nitrogens with one attached hydrogen (secondary N) is 1. The van der Waals surface area contributed by atoms with Crippen molar-refractivity contribution in [1.29, 1.82) is 0 Å². The molecule has 0 heterocycles. The first kappa shape index (κ1) is 12.8. The summed E-state index contributed by atoms with van der Waals surface area (Å²) in [5.41, 5.74) is 1.76. The van der Waals surface area contributed by atoms with E-state index in [1.54, 1.807) is 14.0 Å². The van der Waals surface area contributed by atoms with Crippen molar-refractivity contribution in [2.75, 3.05) is 18.3 Å². The number of hydrogen-bond acceptors (Lipinski definition) is 2. The second-order valence-corrected chi connectivity index (χ2v) is 4.06. The van der Waals surface area contributed by atoms with Crippen molar-refractivity contribution in [3.8, 4) is 5.75 Å². The second kappa shape index (κ2) is 5.75. The summed E-state index contributed by atoms with van der Waals surface area (Å²) in [6, 6.07) is 5.62. The van der Waals surface area contributed by atoms with Crippen LogP contribution >= 0.6 is 11.6 Å². The number of aryl methyl sites for hydroxylation is 1.